The number of carbonyl (C=O) groups excluding carboxylic acids is 1. The molecule has 1 fully saturated rings. The van der Waals surface area contributed by atoms with Crippen molar-refractivity contribution in [3.8, 4) is 11.5 Å². The molecular formula is C28H31FN2O6S2. The van der Waals surface area contributed by atoms with Crippen molar-refractivity contribution in [1.29, 1.82) is 0 Å². The third-order valence-electron chi connectivity index (χ3n) is 7.09. The molecule has 8 nitrogen and oxygen atoms in total. The third kappa shape index (κ3) is 6.11. The zero-order chi connectivity index (χ0) is 27.4. The van der Waals surface area contributed by atoms with Crippen LogP contribution >= 0.6 is 11.3 Å². The van der Waals surface area contributed by atoms with Crippen LogP contribution in [0.15, 0.2) is 64.9 Å². The summed E-state index contributed by atoms with van der Waals surface area (Å²) in [6.07, 6.45) is 1.95. The minimum Gasteiger partial charge on any atom is -0.497 e. The lowest BCUT2D eigenvalue weighted by Crippen LogP contribution is -2.49. The number of nitrogens with zero attached hydrogens (tertiary/aromatic N) is 2. The van der Waals surface area contributed by atoms with Crippen molar-refractivity contribution in [2.24, 2.45) is 0 Å². The minimum absolute atomic E-state index is 0.0490. The molecule has 3 aromatic rings. The van der Waals surface area contributed by atoms with Crippen LogP contribution in [0.1, 0.15) is 29.3 Å². The Balaban J connectivity index is 1.39. The molecule has 3 heterocycles. The molecule has 0 aliphatic carbocycles. The molecule has 5 rings (SSSR count). The van der Waals surface area contributed by atoms with E-state index in [-0.39, 0.29) is 42.4 Å². The standard InChI is InChI=1S/C28H31FN2O6S2/c1-35-20-8-10-22(11-9-20)39(33,34)30(17-21-5-4-15-36-21)18-28(32)31-14-12-27-23(13-16-38-27)25(31)19-37-26-7-3-2-6-24(26)29/h2-3,6-11,13,16,21,25H,4-5,12,14-15,17-19H2,1H3. The number of thiophene rings is 1. The van der Waals surface area contributed by atoms with Gasteiger partial charge in [0.25, 0.3) is 0 Å². The van der Waals surface area contributed by atoms with Crippen LogP contribution in [0.3, 0.4) is 0 Å². The average molecular weight is 575 g/mol. The lowest BCUT2D eigenvalue weighted by atomic mass is 10.0. The van der Waals surface area contributed by atoms with Gasteiger partial charge in [-0.2, -0.15) is 4.31 Å². The van der Waals surface area contributed by atoms with Gasteiger partial charge in [0.15, 0.2) is 11.6 Å². The number of hydrogen-bond acceptors (Lipinski definition) is 7. The SMILES string of the molecule is COc1ccc(S(=O)(=O)N(CC(=O)N2CCc3sccc3C2COc2ccccc2F)CC2CCCO2)cc1. The molecule has 11 heteroatoms. The van der Waals surface area contributed by atoms with Crippen LogP contribution in [0.5, 0.6) is 11.5 Å². The van der Waals surface area contributed by atoms with E-state index in [0.717, 1.165) is 23.3 Å². The molecule has 39 heavy (non-hydrogen) atoms. The van der Waals surface area contributed by atoms with Gasteiger partial charge in [-0.1, -0.05) is 12.1 Å². The van der Waals surface area contributed by atoms with E-state index in [0.29, 0.717) is 25.3 Å². The molecule has 2 aromatic carbocycles. The number of para-hydroxylation sites is 1. The number of methoxy groups -OCH3 is 1. The molecule has 1 saturated heterocycles. The maximum Gasteiger partial charge on any atom is 0.243 e. The van der Waals surface area contributed by atoms with Crippen molar-refractivity contribution in [3.63, 3.8) is 0 Å². The summed E-state index contributed by atoms with van der Waals surface area (Å²) in [4.78, 5) is 16.7. The first kappa shape index (κ1) is 27.6. The molecule has 2 aliphatic rings. The summed E-state index contributed by atoms with van der Waals surface area (Å²) in [5.41, 5.74) is 0.944. The highest BCUT2D eigenvalue weighted by Gasteiger charge is 2.36. The molecule has 2 aliphatic heterocycles. The van der Waals surface area contributed by atoms with Gasteiger partial charge < -0.3 is 19.1 Å². The van der Waals surface area contributed by atoms with Gasteiger partial charge in [-0.15, -0.1) is 11.3 Å². The molecule has 0 N–H and O–H groups in total. The second-order valence-electron chi connectivity index (χ2n) is 9.50. The summed E-state index contributed by atoms with van der Waals surface area (Å²) < 4.78 is 59.6. The van der Waals surface area contributed by atoms with Crippen molar-refractivity contribution in [1.82, 2.24) is 9.21 Å². The van der Waals surface area contributed by atoms with Crippen molar-refractivity contribution in [3.05, 3.63) is 76.2 Å². The van der Waals surface area contributed by atoms with Crippen molar-refractivity contribution in [2.75, 3.05) is 40.0 Å². The largest absolute Gasteiger partial charge is 0.497 e. The van der Waals surface area contributed by atoms with Gasteiger partial charge in [0.1, 0.15) is 12.4 Å². The van der Waals surface area contributed by atoms with E-state index in [1.54, 1.807) is 46.6 Å². The van der Waals surface area contributed by atoms with Crippen LogP contribution in [0.25, 0.3) is 0 Å². The first-order valence-corrected chi connectivity index (χ1v) is 15.2. The van der Waals surface area contributed by atoms with Crippen molar-refractivity contribution >= 4 is 27.3 Å². The van der Waals surface area contributed by atoms with Crippen LogP contribution in [-0.4, -0.2) is 69.6 Å². The molecule has 2 unspecified atom stereocenters. The molecule has 1 aromatic heterocycles. The number of sulfonamides is 1. The molecule has 0 spiro atoms. The topological polar surface area (TPSA) is 85.4 Å². The normalized spacial score (nSPS) is 19.2. The molecule has 0 radical (unpaired) electrons. The number of halogens is 1. The Hall–Kier alpha value is -2.99. The zero-order valence-corrected chi connectivity index (χ0v) is 23.3. The van der Waals surface area contributed by atoms with Gasteiger partial charge in [-0.25, -0.2) is 12.8 Å². The van der Waals surface area contributed by atoms with E-state index in [1.807, 2.05) is 11.4 Å². The van der Waals surface area contributed by atoms with Crippen LogP contribution in [-0.2, 0) is 26.0 Å². The molecule has 208 valence electrons. The highest BCUT2D eigenvalue weighted by atomic mass is 32.2. The van der Waals surface area contributed by atoms with E-state index < -0.39 is 21.9 Å². The summed E-state index contributed by atoms with van der Waals surface area (Å²) >= 11 is 1.61. The maximum absolute atomic E-state index is 14.2. The first-order chi connectivity index (χ1) is 18.9. The highest BCUT2D eigenvalue weighted by Crippen LogP contribution is 2.34. The number of hydrogen-bond donors (Lipinski definition) is 0. The van der Waals surface area contributed by atoms with E-state index >= 15 is 0 Å². The number of rotatable bonds is 10. The van der Waals surface area contributed by atoms with Gasteiger partial charge in [0.05, 0.1) is 30.7 Å². The average Bonchev–Trinajstić information content (AvgIpc) is 3.64. The monoisotopic (exact) mass is 574 g/mol. The summed E-state index contributed by atoms with van der Waals surface area (Å²) in [5.74, 6) is -0.184. The minimum atomic E-state index is -4.00. The van der Waals surface area contributed by atoms with Gasteiger partial charge in [0, 0.05) is 24.6 Å². The maximum atomic E-state index is 14.2. The second kappa shape index (κ2) is 12.0. The van der Waals surface area contributed by atoms with Gasteiger partial charge >= 0.3 is 0 Å². The Morgan fingerprint density at radius 2 is 1.97 bits per heavy atom. The highest BCUT2D eigenvalue weighted by molar-refractivity contribution is 7.89. The Morgan fingerprint density at radius 1 is 1.18 bits per heavy atom. The van der Waals surface area contributed by atoms with Crippen molar-refractivity contribution in [2.45, 2.75) is 36.3 Å². The summed E-state index contributed by atoms with van der Waals surface area (Å²) in [6, 6.07) is 13.7. The molecule has 0 bridgehead atoms. The van der Waals surface area contributed by atoms with Crippen LogP contribution in [0, 0.1) is 5.82 Å². The fraction of sp³-hybridized carbons (Fsp3) is 0.393. The fourth-order valence-electron chi connectivity index (χ4n) is 5.01. The smallest absolute Gasteiger partial charge is 0.243 e. The first-order valence-electron chi connectivity index (χ1n) is 12.9. The quantitative estimate of drug-likeness (QED) is 0.360. The number of benzene rings is 2. The number of ether oxygens (including phenoxy) is 3. The zero-order valence-electron chi connectivity index (χ0n) is 21.6. The Kier molecular flexibility index (Phi) is 8.51. The van der Waals surface area contributed by atoms with E-state index in [2.05, 4.69) is 0 Å². The molecule has 0 saturated carbocycles. The Labute approximate surface area is 232 Å². The van der Waals surface area contributed by atoms with Crippen LogP contribution in [0.2, 0.25) is 0 Å². The van der Waals surface area contributed by atoms with Crippen molar-refractivity contribution < 1.29 is 31.8 Å². The summed E-state index contributed by atoms with van der Waals surface area (Å²) in [6.45, 7) is 0.761. The Morgan fingerprint density at radius 3 is 2.69 bits per heavy atom. The lowest BCUT2D eigenvalue weighted by Gasteiger charge is -2.37. The predicted molar refractivity (Wildman–Crippen MR) is 145 cm³/mol. The number of carbonyl (C=O) groups is 1. The molecular weight excluding hydrogens is 543 g/mol. The molecule has 1 amide bonds. The van der Waals surface area contributed by atoms with E-state index in [9.17, 15) is 17.6 Å². The molecule has 2 atom stereocenters. The van der Waals surface area contributed by atoms with E-state index in [1.165, 1.54) is 29.6 Å². The number of fused-ring (bicyclic) bond motifs is 1. The second-order valence-corrected chi connectivity index (χ2v) is 12.4. The Bertz CT molecular complexity index is 1390. The van der Waals surface area contributed by atoms with Crippen LogP contribution < -0.4 is 9.47 Å². The lowest BCUT2D eigenvalue weighted by molar-refractivity contribution is -0.135. The number of amides is 1. The van der Waals surface area contributed by atoms with Gasteiger partial charge in [-0.05, 0) is 72.7 Å². The van der Waals surface area contributed by atoms with Gasteiger partial charge in [0.2, 0.25) is 15.9 Å². The van der Waals surface area contributed by atoms with Crippen LogP contribution in [0.4, 0.5) is 4.39 Å². The predicted octanol–water partition coefficient (Wildman–Crippen LogP) is 4.27. The van der Waals surface area contributed by atoms with E-state index in [4.69, 9.17) is 14.2 Å². The third-order valence-corrected chi connectivity index (χ3v) is 9.91. The fourth-order valence-corrected chi connectivity index (χ4v) is 7.36. The van der Waals surface area contributed by atoms with Gasteiger partial charge in [-0.3, -0.25) is 4.79 Å². The summed E-state index contributed by atoms with van der Waals surface area (Å²) in [5, 5.41) is 1.96. The summed E-state index contributed by atoms with van der Waals surface area (Å²) in [7, 11) is -2.49.